The van der Waals surface area contributed by atoms with Crippen molar-refractivity contribution in [2.45, 2.75) is 12.6 Å². The molecule has 186 valence electrons. The maximum absolute atomic E-state index is 12.9. The van der Waals surface area contributed by atoms with Crippen LogP contribution < -0.4 is 20.9 Å². The number of nitrogens with zero attached hydrogens (tertiary/aromatic N) is 3. The summed E-state index contributed by atoms with van der Waals surface area (Å²) in [7, 11) is 0. The summed E-state index contributed by atoms with van der Waals surface area (Å²) in [4.78, 5) is 24.2. The van der Waals surface area contributed by atoms with Crippen LogP contribution in [0.3, 0.4) is 0 Å². The number of carbonyl (C=O) groups is 1. The number of nitrogens with one attached hydrogen (secondary N) is 3. The molecule has 3 aromatic carbocycles. The molecule has 4 aromatic rings. The van der Waals surface area contributed by atoms with Gasteiger partial charge in [0.2, 0.25) is 11.9 Å². The number of amides is 1. The minimum atomic E-state index is -0.339. The first-order chi connectivity index (χ1) is 18.2. The smallest absolute Gasteiger partial charge is 0.246 e. The van der Waals surface area contributed by atoms with Gasteiger partial charge in [-0.2, -0.15) is 0 Å². The van der Waals surface area contributed by atoms with Gasteiger partial charge < -0.3 is 20.3 Å². The Kier molecular flexibility index (Phi) is 6.49. The zero-order valence-electron chi connectivity index (χ0n) is 20.4. The van der Waals surface area contributed by atoms with E-state index in [0.717, 1.165) is 54.5 Å². The van der Waals surface area contributed by atoms with Crippen LogP contribution in [-0.4, -0.2) is 42.2 Å². The van der Waals surface area contributed by atoms with Crippen molar-refractivity contribution in [3.05, 3.63) is 96.2 Å². The van der Waals surface area contributed by atoms with Crippen LogP contribution in [0.1, 0.15) is 17.2 Å². The first-order valence-electron chi connectivity index (χ1n) is 12.5. The Morgan fingerprint density at radius 3 is 2.49 bits per heavy atom. The van der Waals surface area contributed by atoms with Gasteiger partial charge in [0.25, 0.3) is 0 Å². The molecule has 1 saturated heterocycles. The van der Waals surface area contributed by atoms with Gasteiger partial charge in [0.15, 0.2) is 0 Å². The molecule has 37 heavy (non-hydrogen) atoms. The molecule has 8 nitrogen and oxygen atoms in total. The predicted molar refractivity (Wildman–Crippen MR) is 145 cm³/mol. The van der Waals surface area contributed by atoms with Gasteiger partial charge in [0.05, 0.1) is 18.9 Å². The highest BCUT2D eigenvalue weighted by molar-refractivity contribution is 5.96. The number of ether oxygens (including phenoxy) is 1. The highest BCUT2D eigenvalue weighted by atomic mass is 16.5. The molecule has 1 fully saturated rings. The van der Waals surface area contributed by atoms with E-state index >= 15 is 0 Å². The molecule has 0 aliphatic carbocycles. The van der Waals surface area contributed by atoms with Crippen molar-refractivity contribution in [3.8, 4) is 11.3 Å². The van der Waals surface area contributed by atoms with Crippen LogP contribution in [0.4, 0.5) is 23.0 Å². The van der Waals surface area contributed by atoms with Crippen LogP contribution in [-0.2, 0) is 16.1 Å². The molecule has 1 amide bonds. The van der Waals surface area contributed by atoms with Crippen LogP contribution in [0.15, 0.2) is 85.1 Å². The Labute approximate surface area is 215 Å². The molecule has 1 aromatic heterocycles. The van der Waals surface area contributed by atoms with Gasteiger partial charge in [0, 0.05) is 48.5 Å². The van der Waals surface area contributed by atoms with E-state index in [2.05, 4.69) is 49.0 Å². The third-order valence-electron chi connectivity index (χ3n) is 6.73. The summed E-state index contributed by atoms with van der Waals surface area (Å²) < 4.78 is 5.44. The number of anilines is 4. The normalized spacial score (nSPS) is 16.8. The van der Waals surface area contributed by atoms with Crippen molar-refractivity contribution in [2.75, 3.05) is 41.8 Å². The van der Waals surface area contributed by atoms with E-state index in [1.807, 2.05) is 60.7 Å². The van der Waals surface area contributed by atoms with Gasteiger partial charge in [-0.25, -0.2) is 9.97 Å². The minimum Gasteiger partial charge on any atom is -0.378 e. The summed E-state index contributed by atoms with van der Waals surface area (Å²) in [5.41, 5.74) is 6.79. The van der Waals surface area contributed by atoms with E-state index in [9.17, 15) is 4.79 Å². The highest BCUT2D eigenvalue weighted by Gasteiger charge is 2.27. The molecule has 0 radical (unpaired) electrons. The van der Waals surface area contributed by atoms with E-state index < -0.39 is 0 Å². The summed E-state index contributed by atoms with van der Waals surface area (Å²) in [5, 5.41) is 9.59. The second kappa shape index (κ2) is 10.4. The number of rotatable bonds is 6. The average molecular weight is 493 g/mol. The third kappa shape index (κ3) is 5.16. The van der Waals surface area contributed by atoms with Gasteiger partial charge in [-0.1, -0.05) is 36.4 Å². The van der Waals surface area contributed by atoms with Crippen LogP contribution in [0.25, 0.3) is 11.3 Å². The number of benzene rings is 3. The number of hydrogen-bond donors (Lipinski definition) is 3. The van der Waals surface area contributed by atoms with Crippen molar-refractivity contribution in [1.29, 1.82) is 0 Å². The van der Waals surface area contributed by atoms with E-state index in [-0.39, 0.29) is 11.9 Å². The highest BCUT2D eigenvalue weighted by Crippen LogP contribution is 2.27. The number of morpholine rings is 1. The Bertz CT molecular complexity index is 1380. The number of carbonyl (C=O) groups excluding carboxylic acids is 1. The molecule has 3 N–H and O–H groups in total. The summed E-state index contributed by atoms with van der Waals surface area (Å²) in [5.74, 6) is 0.464. The summed E-state index contributed by atoms with van der Waals surface area (Å²) in [6.45, 7) is 4.05. The third-order valence-corrected chi connectivity index (χ3v) is 6.73. The van der Waals surface area contributed by atoms with Crippen molar-refractivity contribution in [2.24, 2.45) is 0 Å². The lowest BCUT2D eigenvalue weighted by atomic mass is 10.0. The van der Waals surface area contributed by atoms with Crippen LogP contribution in [0.5, 0.6) is 0 Å². The van der Waals surface area contributed by atoms with E-state index in [4.69, 9.17) is 4.74 Å². The molecule has 8 heteroatoms. The largest absolute Gasteiger partial charge is 0.378 e. The zero-order chi connectivity index (χ0) is 25.0. The SMILES string of the molecule is O=C(Nc1ccc(-c2ccnc(Nc3ccc(N4CCOCC4)cc3)n2)cc1)C1NCc2ccccc21. The lowest BCUT2D eigenvalue weighted by Crippen LogP contribution is -2.36. The van der Waals surface area contributed by atoms with Crippen LogP contribution in [0, 0.1) is 0 Å². The quantitative estimate of drug-likeness (QED) is 0.365. The maximum Gasteiger partial charge on any atom is 0.246 e. The fourth-order valence-corrected chi connectivity index (χ4v) is 4.76. The first kappa shape index (κ1) is 23.1. The molecule has 1 unspecified atom stereocenters. The second-order valence-electron chi connectivity index (χ2n) is 9.12. The fourth-order valence-electron chi connectivity index (χ4n) is 4.76. The van der Waals surface area contributed by atoms with Crippen molar-refractivity contribution >= 4 is 28.9 Å². The minimum absolute atomic E-state index is 0.0640. The van der Waals surface area contributed by atoms with Gasteiger partial charge in [0.1, 0.15) is 6.04 Å². The molecule has 6 rings (SSSR count). The lowest BCUT2D eigenvalue weighted by molar-refractivity contribution is -0.118. The summed E-state index contributed by atoms with van der Waals surface area (Å²) >= 11 is 0. The second-order valence-corrected chi connectivity index (χ2v) is 9.12. The molecule has 3 heterocycles. The molecule has 0 bridgehead atoms. The molecule has 2 aliphatic heterocycles. The van der Waals surface area contributed by atoms with Gasteiger partial charge in [-0.15, -0.1) is 0 Å². The van der Waals surface area contributed by atoms with E-state index in [0.29, 0.717) is 12.5 Å². The zero-order valence-corrected chi connectivity index (χ0v) is 20.4. The van der Waals surface area contributed by atoms with Crippen LogP contribution in [0.2, 0.25) is 0 Å². The average Bonchev–Trinajstić information content (AvgIpc) is 3.39. The predicted octanol–water partition coefficient (Wildman–Crippen LogP) is 4.51. The summed E-state index contributed by atoms with van der Waals surface area (Å²) in [6, 6.07) is 25.5. The molecule has 0 saturated carbocycles. The molecular weight excluding hydrogens is 464 g/mol. The monoisotopic (exact) mass is 492 g/mol. The topological polar surface area (TPSA) is 91.4 Å². The summed E-state index contributed by atoms with van der Waals surface area (Å²) in [6.07, 6.45) is 1.74. The first-order valence-corrected chi connectivity index (χ1v) is 12.5. The molecular formula is C29H28N6O2. The van der Waals surface area contributed by atoms with Crippen molar-refractivity contribution < 1.29 is 9.53 Å². The Balaban J connectivity index is 1.10. The standard InChI is InChI=1S/C29H28N6O2/c36-28(27-25-4-2-1-3-21(25)19-31-27)32-22-7-5-20(6-8-22)26-13-14-30-29(34-26)33-23-9-11-24(12-10-23)35-15-17-37-18-16-35/h1-14,27,31H,15-19H2,(H,32,36)(H,30,33,34). The number of fused-ring (bicyclic) bond motifs is 1. The van der Waals surface area contributed by atoms with E-state index in [1.54, 1.807) is 6.20 Å². The van der Waals surface area contributed by atoms with Gasteiger partial charge in [-0.05, 0) is 53.6 Å². The Hall–Kier alpha value is -4.27. The number of aromatic nitrogens is 2. The number of hydrogen-bond acceptors (Lipinski definition) is 7. The molecule has 2 aliphatic rings. The Morgan fingerprint density at radius 2 is 1.68 bits per heavy atom. The van der Waals surface area contributed by atoms with Gasteiger partial charge in [-0.3, -0.25) is 10.1 Å². The Morgan fingerprint density at radius 1 is 0.919 bits per heavy atom. The lowest BCUT2D eigenvalue weighted by Gasteiger charge is -2.28. The fraction of sp³-hybridized carbons (Fsp3) is 0.207. The van der Waals surface area contributed by atoms with Crippen molar-refractivity contribution in [3.63, 3.8) is 0 Å². The van der Waals surface area contributed by atoms with Gasteiger partial charge >= 0.3 is 0 Å². The van der Waals surface area contributed by atoms with E-state index in [1.165, 1.54) is 11.3 Å². The van der Waals surface area contributed by atoms with Crippen LogP contribution >= 0.6 is 0 Å². The molecule has 0 spiro atoms. The van der Waals surface area contributed by atoms with Crippen molar-refractivity contribution in [1.82, 2.24) is 15.3 Å². The molecule has 1 atom stereocenters. The maximum atomic E-state index is 12.9.